The molecule has 0 aromatic carbocycles. The van der Waals surface area contributed by atoms with Gasteiger partial charge in [0.15, 0.2) is 0 Å². The van der Waals surface area contributed by atoms with Gasteiger partial charge >= 0.3 is 0 Å². The van der Waals surface area contributed by atoms with Crippen molar-refractivity contribution in [3.63, 3.8) is 0 Å². The van der Waals surface area contributed by atoms with Crippen molar-refractivity contribution >= 4 is 34.9 Å². The van der Waals surface area contributed by atoms with E-state index in [1.807, 2.05) is 0 Å². The van der Waals surface area contributed by atoms with Crippen LogP contribution < -0.4 is 10.2 Å². The predicted octanol–water partition coefficient (Wildman–Crippen LogP) is 2.43. The smallest absolute Gasteiger partial charge is 0.290 e. The molecule has 0 atom stereocenters. The molecule has 6 nitrogen and oxygen atoms in total. The second kappa shape index (κ2) is 6.48. The summed E-state index contributed by atoms with van der Waals surface area (Å²) >= 11 is 0.901. The van der Waals surface area contributed by atoms with E-state index in [0.717, 1.165) is 43.6 Å². The van der Waals surface area contributed by atoms with Crippen molar-refractivity contribution in [2.45, 2.75) is 26.2 Å². The molecule has 2 aliphatic heterocycles. The van der Waals surface area contributed by atoms with Crippen LogP contribution in [0.3, 0.4) is 0 Å². The zero-order chi connectivity index (χ0) is 15.5. The first-order valence-corrected chi connectivity index (χ1v) is 8.30. The molecule has 3 rings (SSSR count). The fraction of sp³-hybridized carbons (Fsp3) is 0.467. The van der Waals surface area contributed by atoms with E-state index in [4.69, 9.17) is 0 Å². The summed E-state index contributed by atoms with van der Waals surface area (Å²) in [7, 11) is 0. The first-order valence-electron chi connectivity index (χ1n) is 7.48. The average molecular weight is 318 g/mol. The van der Waals surface area contributed by atoms with Crippen molar-refractivity contribution in [2.75, 3.05) is 18.0 Å². The molecule has 1 aromatic heterocycles. The number of amides is 2. The molecule has 2 aliphatic rings. The van der Waals surface area contributed by atoms with Crippen LogP contribution in [0.15, 0.2) is 17.2 Å². The van der Waals surface area contributed by atoms with Gasteiger partial charge in [0.1, 0.15) is 0 Å². The van der Waals surface area contributed by atoms with Crippen molar-refractivity contribution in [3.05, 3.63) is 22.9 Å². The topological polar surface area (TPSA) is 75.2 Å². The molecule has 3 heterocycles. The summed E-state index contributed by atoms with van der Waals surface area (Å²) in [5.41, 5.74) is 0.648. The van der Waals surface area contributed by atoms with E-state index < -0.39 is 0 Å². The minimum absolute atomic E-state index is 0.341. The number of carbonyl (C=O) groups is 2. The summed E-state index contributed by atoms with van der Waals surface area (Å²) in [5, 5.41) is 1.90. The summed E-state index contributed by atoms with van der Waals surface area (Å²) in [4.78, 5) is 34.1. The van der Waals surface area contributed by atoms with E-state index in [1.54, 1.807) is 18.3 Å². The first-order chi connectivity index (χ1) is 10.7. The fourth-order valence-corrected chi connectivity index (χ4v) is 3.36. The zero-order valence-corrected chi connectivity index (χ0v) is 13.2. The van der Waals surface area contributed by atoms with E-state index in [9.17, 15) is 9.59 Å². The monoisotopic (exact) mass is 318 g/mol. The van der Waals surface area contributed by atoms with Crippen LogP contribution in [0.25, 0.3) is 6.08 Å². The highest BCUT2D eigenvalue weighted by atomic mass is 32.2. The van der Waals surface area contributed by atoms with Crippen LogP contribution in [0.1, 0.15) is 31.9 Å². The zero-order valence-electron chi connectivity index (χ0n) is 12.4. The number of rotatable bonds is 3. The highest BCUT2D eigenvalue weighted by Crippen LogP contribution is 2.26. The van der Waals surface area contributed by atoms with Crippen LogP contribution in [0.2, 0.25) is 0 Å². The van der Waals surface area contributed by atoms with Crippen molar-refractivity contribution < 1.29 is 9.59 Å². The summed E-state index contributed by atoms with van der Waals surface area (Å²) in [6.45, 7) is 4.16. The van der Waals surface area contributed by atoms with Crippen molar-refractivity contribution in [1.29, 1.82) is 0 Å². The maximum Gasteiger partial charge on any atom is 0.290 e. The quantitative estimate of drug-likeness (QED) is 0.863. The minimum atomic E-state index is -0.362. The van der Waals surface area contributed by atoms with Crippen molar-refractivity contribution in [2.24, 2.45) is 5.92 Å². The number of nitrogens with one attached hydrogen (secondary N) is 1. The third-order valence-corrected chi connectivity index (χ3v) is 4.87. The Morgan fingerprint density at radius 2 is 2.18 bits per heavy atom. The summed E-state index contributed by atoms with van der Waals surface area (Å²) in [6, 6.07) is 1.74. The van der Waals surface area contributed by atoms with Crippen molar-refractivity contribution in [1.82, 2.24) is 15.3 Å². The van der Waals surface area contributed by atoms with Crippen LogP contribution in [0, 0.1) is 5.92 Å². The molecule has 0 radical (unpaired) electrons. The summed E-state index contributed by atoms with van der Waals surface area (Å²) in [6.07, 6.45) is 6.88. The Kier molecular flexibility index (Phi) is 4.42. The van der Waals surface area contributed by atoms with Crippen LogP contribution in [-0.2, 0) is 4.79 Å². The van der Waals surface area contributed by atoms with Gasteiger partial charge in [0.25, 0.3) is 11.1 Å². The maximum absolute atomic E-state index is 11.6. The SMILES string of the molecule is CCC1CCN(c2nccc(C=C3SC(=O)NC3=O)n2)CC1. The molecule has 0 saturated carbocycles. The van der Waals surface area contributed by atoms with Crippen LogP contribution >= 0.6 is 11.8 Å². The third kappa shape index (κ3) is 3.30. The Labute approximate surface area is 133 Å². The second-order valence-corrected chi connectivity index (χ2v) is 6.49. The number of thioether (sulfide) groups is 1. The molecular weight excluding hydrogens is 300 g/mol. The standard InChI is InChI=1S/C15H18N4O2S/c1-2-10-4-7-19(8-5-10)14-16-6-3-11(17-14)9-12-13(20)18-15(21)22-12/h3,6,9-10H,2,4-5,7-8H2,1H3,(H,18,20,21). The van der Waals surface area contributed by atoms with Gasteiger partial charge in [-0.25, -0.2) is 9.97 Å². The fourth-order valence-electron chi connectivity index (χ4n) is 2.69. The molecule has 0 spiro atoms. The molecule has 2 amide bonds. The van der Waals surface area contributed by atoms with E-state index >= 15 is 0 Å². The minimum Gasteiger partial charge on any atom is -0.341 e. The number of piperidine rings is 1. The molecule has 2 saturated heterocycles. The van der Waals surface area contributed by atoms with E-state index in [1.165, 1.54) is 6.42 Å². The Bertz CT molecular complexity index is 624. The average Bonchev–Trinajstić information content (AvgIpc) is 2.85. The van der Waals surface area contributed by atoms with Gasteiger partial charge in [0.05, 0.1) is 10.6 Å². The first kappa shape index (κ1) is 15.0. The lowest BCUT2D eigenvalue weighted by atomic mass is 9.95. The molecule has 1 N–H and O–H groups in total. The predicted molar refractivity (Wildman–Crippen MR) is 86.4 cm³/mol. The van der Waals surface area contributed by atoms with Gasteiger partial charge < -0.3 is 4.90 Å². The lowest BCUT2D eigenvalue weighted by Crippen LogP contribution is -2.34. The molecule has 7 heteroatoms. The second-order valence-electron chi connectivity index (χ2n) is 5.47. The lowest BCUT2D eigenvalue weighted by Gasteiger charge is -2.31. The molecule has 22 heavy (non-hydrogen) atoms. The Balaban J connectivity index is 1.75. The Morgan fingerprint density at radius 3 is 2.82 bits per heavy atom. The van der Waals surface area contributed by atoms with Gasteiger partial charge in [-0.3, -0.25) is 14.9 Å². The summed E-state index contributed by atoms with van der Waals surface area (Å²) in [5.74, 6) is 1.13. The number of nitrogens with zero attached hydrogens (tertiary/aromatic N) is 3. The number of anilines is 1. The van der Waals surface area contributed by atoms with E-state index in [-0.39, 0.29) is 11.1 Å². The highest BCUT2D eigenvalue weighted by molar-refractivity contribution is 8.18. The summed E-state index contributed by atoms with van der Waals surface area (Å²) < 4.78 is 0. The third-order valence-electron chi connectivity index (χ3n) is 4.06. The molecule has 0 bridgehead atoms. The molecular formula is C15H18N4O2S. The lowest BCUT2D eigenvalue weighted by molar-refractivity contribution is -0.115. The van der Waals surface area contributed by atoms with Gasteiger partial charge in [-0.1, -0.05) is 13.3 Å². The van der Waals surface area contributed by atoms with Gasteiger partial charge in [-0.05, 0) is 42.7 Å². The van der Waals surface area contributed by atoms with Gasteiger partial charge in [0.2, 0.25) is 5.95 Å². The number of hydrogen-bond acceptors (Lipinski definition) is 6. The van der Waals surface area contributed by atoms with Crippen LogP contribution in [0.5, 0.6) is 0 Å². The maximum atomic E-state index is 11.6. The molecule has 0 unspecified atom stereocenters. The van der Waals surface area contributed by atoms with Crippen LogP contribution in [0.4, 0.5) is 10.7 Å². The van der Waals surface area contributed by atoms with E-state index in [0.29, 0.717) is 16.5 Å². The van der Waals surface area contributed by atoms with Gasteiger partial charge in [-0.15, -0.1) is 0 Å². The Morgan fingerprint density at radius 1 is 1.41 bits per heavy atom. The van der Waals surface area contributed by atoms with Gasteiger partial charge in [-0.2, -0.15) is 0 Å². The van der Waals surface area contributed by atoms with E-state index in [2.05, 4.69) is 27.1 Å². The number of hydrogen-bond donors (Lipinski definition) is 1. The number of carbonyl (C=O) groups excluding carboxylic acids is 2. The van der Waals surface area contributed by atoms with Crippen molar-refractivity contribution in [3.8, 4) is 0 Å². The molecule has 1 aromatic rings. The molecule has 116 valence electrons. The largest absolute Gasteiger partial charge is 0.341 e. The number of imide groups is 1. The highest BCUT2D eigenvalue weighted by Gasteiger charge is 2.25. The van der Waals surface area contributed by atoms with Gasteiger partial charge in [0, 0.05) is 19.3 Å². The normalized spacial score (nSPS) is 21.5. The van der Waals surface area contributed by atoms with Crippen LogP contribution in [-0.4, -0.2) is 34.2 Å². The molecule has 0 aliphatic carbocycles. The molecule has 2 fully saturated rings. The number of aromatic nitrogens is 2. The Hall–Kier alpha value is -1.89.